The third-order valence-corrected chi connectivity index (χ3v) is 1.75. The summed E-state index contributed by atoms with van der Waals surface area (Å²) >= 11 is 1.44. The van der Waals surface area contributed by atoms with Gasteiger partial charge in [-0.3, -0.25) is 0 Å². The number of hydrogen-bond acceptors (Lipinski definition) is 3. The van der Waals surface area contributed by atoms with Gasteiger partial charge in [0.15, 0.2) is 0 Å². The number of nitrogens with zero attached hydrogens (tertiary/aromatic N) is 1. The average Bonchev–Trinajstić information content (AvgIpc) is 1.87. The first-order valence-electron chi connectivity index (χ1n) is 2.92. The van der Waals surface area contributed by atoms with Crippen molar-refractivity contribution in [3.8, 4) is 6.07 Å². The molecule has 0 rings (SSSR count). The summed E-state index contributed by atoms with van der Waals surface area (Å²) in [6, 6.07) is 1.96. The summed E-state index contributed by atoms with van der Waals surface area (Å²) < 4.78 is 0. The maximum atomic E-state index is 9.85. The highest BCUT2D eigenvalue weighted by Crippen LogP contribution is 2.02. The molecule has 0 fully saturated rings. The second kappa shape index (κ2) is 6.43. The molecule has 0 atom stereocenters. The van der Waals surface area contributed by atoms with Crippen LogP contribution in [0.15, 0.2) is 0 Å². The smallest absolute Gasteiger partial charge is 0.247 e. The normalized spacial score (nSPS) is 8.70. The van der Waals surface area contributed by atoms with Gasteiger partial charge in [-0.05, 0) is 12.2 Å². The van der Waals surface area contributed by atoms with E-state index in [-0.39, 0.29) is 6.42 Å². The monoisotopic (exact) mass is 158 g/mol. The van der Waals surface area contributed by atoms with Gasteiger partial charge in [0.1, 0.15) is 0 Å². The van der Waals surface area contributed by atoms with Crippen LogP contribution in [0, 0.1) is 11.3 Å². The lowest BCUT2D eigenvalue weighted by atomic mass is 10.3. The third-order valence-electron chi connectivity index (χ3n) is 0.836. The van der Waals surface area contributed by atoms with E-state index in [1.54, 1.807) is 0 Å². The van der Waals surface area contributed by atoms with Crippen molar-refractivity contribution in [2.45, 2.75) is 12.8 Å². The molecule has 0 saturated heterocycles. The Hall–Kier alpha value is -0.690. The van der Waals surface area contributed by atoms with Crippen molar-refractivity contribution < 1.29 is 9.90 Å². The van der Waals surface area contributed by atoms with Crippen LogP contribution < -0.4 is 0 Å². The summed E-state index contributed by atoms with van der Waals surface area (Å²) in [7, 11) is 0. The third kappa shape index (κ3) is 7.31. The number of rotatable bonds is 5. The highest BCUT2D eigenvalue weighted by molar-refractivity contribution is 7.99. The lowest BCUT2D eigenvalue weighted by molar-refractivity contribution is -0.143. The SMILES string of the molecule is N#CCSCCCC([O])=O. The summed E-state index contributed by atoms with van der Waals surface area (Å²) in [5, 5.41) is 17.9. The molecular weight excluding hydrogens is 150 g/mol. The van der Waals surface area contributed by atoms with E-state index in [4.69, 9.17) is 5.26 Å². The minimum Gasteiger partial charge on any atom is -0.247 e. The number of carbonyl (C=O) groups excluding carboxylic acids is 1. The van der Waals surface area contributed by atoms with Gasteiger partial charge in [-0.25, -0.2) is 9.90 Å². The maximum Gasteiger partial charge on any atom is 0.355 e. The van der Waals surface area contributed by atoms with Gasteiger partial charge in [0, 0.05) is 0 Å². The van der Waals surface area contributed by atoms with Crippen molar-refractivity contribution in [3.63, 3.8) is 0 Å². The summed E-state index contributed by atoms with van der Waals surface area (Å²) in [5.41, 5.74) is 0. The second-order valence-electron chi connectivity index (χ2n) is 1.69. The molecule has 0 N–H and O–H groups in total. The molecule has 10 heavy (non-hydrogen) atoms. The molecule has 0 spiro atoms. The largest absolute Gasteiger partial charge is 0.355 e. The fourth-order valence-corrected chi connectivity index (χ4v) is 1.02. The van der Waals surface area contributed by atoms with Gasteiger partial charge in [0.25, 0.3) is 0 Å². The van der Waals surface area contributed by atoms with Gasteiger partial charge in [-0.1, -0.05) is 0 Å². The molecule has 3 nitrogen and oxygen atoms in total. The van der Waals surface area contributed by atoms with Crippen molar-refractivity contribution in [1.29, 1.82) is 5.26 Å². The fraction of sp³-hybridized carbons (Fsp3) is 0.667. The first kappa shape index (κ1) is 9.31. The Morgan fingerprint density at radius 3 is 2.80 bits per heavy atom. The van der Waals surface area contributed by atoms with Crippen LogP contribution in [0.5, 0.6) is 0 Å². The highest BCUT2D eigenvalue weighted by Gasteiger charge is 1.97. The topological polar surface area (TPSA) is 60.8 Å². The van der Waals surface area contributed by atoms with E-state index < -0.39 is 5.97 Å². The van der Waals surface area contributed by atoms with E-state index in [1.807, 2.05) is 6.07 Å². The predicted molar refractivity (Wildman–Crippen MR) is 37.9 cm³/mol. The molecule has 0 heterocycles. The van der Waals surface area contributed by atoms with E-state index in [0.717, 1.165) is 5.75 Å². The Balaban J connectivity index is 2.92. The van der Waals surface area contributed by atoms with E-state index in [2.05, 4.69) is 0 Å². The quantitative estimate of drug-likeness (QED) is 0.560. The minimum atomic E-state index is -1.02. The number of carbonyl (C=O) groups is 1. The Morgan fingerprint density at radius 2 is 2.30 bits per heavy atom. The number of nitriles is 1. The first-order chi connectivity index (χ1) is 4.77. The molecule has 0 aliphatic rings. The molecule has 0 aliphatic carbocycles. The molecule has 4 heteroatoms. The summed E-state index contributed by atoms with van der Waals surface area (Å²) in [5.74, 6) is 0.145. The zero-order valence-corrected chi connectivity index (χ0v) is 6.32. The van der Waals surface area contributed by atoms with Gasteiger partial charge in [-0.15, -0.1) is 11.8 Å². The number of thioether (sulfide) groups is 1. The lowest BCUT2D eigenvalue weighted by Gasteiger charge is -1.90. The lowest BCUT2D eigenvalue weighted by Crippen LogP contribution is -1.93. The molecule has 0 aromatic carbocycles. The Bertz CT molecular complexity index is 141. The van der Waals surface area contributed by atoms with Crippen LogP contribution in [0.25, 0.3) is 0 Å². The molecule has 0 aromatic heterocycles. The van der Waals surface area contributed by atoms with Crippen LogP contribution >= 0.6 is 11.8 Å². The fourth-order valence-electron chi connectivity index (χ4n) is 0.436. The molecule has 0 amide bonds. The van der Waals surface area contributed by atoms with E-state index >= 15 is 0 Å². The predicted octanol–water partition coefficient (Wildman–Crippen LogP) is 0.980. The second-order valence-corrected chi connectivity index (χ2v) is 2.79. The summed E-state index contributed by atoms with van der Waals surface area (Å²) in [6.07, 6.45) is 0.688. The van der Waals surface area contributed by atoms with Crippen LogP contribution in [-0.4, -0.2) is 17.5 Å². The van der Waals surface area contributed by atoms with Gasteiger partial charge >= 0.3 is 5.97 Å². The Kier molecular flexibility index (Phi) is 5.99. The van der Waals surface area contributed by atoms with Gasteiger partial charge in [0.2, 0.25) is 0 Å². The Labute approximate surface area is 64.0 Å². The van der Waals surface area contributed by atoms with Crippen molar-refractivity contribution >= 4 is 17.7 Å². The maximum absolute atomic E-state index is 9.85. The van der Waals surface area contributed by atoms with Crippen LogP contribution in [0.4, 0.5) is 0 Å². The standard InChI is InChI=1S/C6H8NO2S/c7-3-5-10-4-1-2-6(8)9/h1-2,4-5H2. The van der Waals surface area contributed by atoms with Gasteiger partial charge < -0.3 is 0 Å². The first-order valence-corrected chi connectivity index (χ1v) is 4.07. The van der Waals surface area contributed by atoms with Gasteiger partial charge in [-0.2, -0.15) is 5.26 Å². The van der Waals surface area contributed by atoms with Crippen molar-refractivity contribution in [2.75, 3.05) is 11.5 Å². The summed E-state index contributed by atoms with van der Waals surface area (Å²) in [4.78, 5) is 9.85. The molecule has 0 saturated carbocycles. The Morgan fingerprint density at radius 1 is 1.60 bits per heavy atom. The van der Waals surface area contributed by atoms with E-state index in [1.165, 1.54) is 11.8 Å². The minimum absolute atomic E-state index is 0.0957. The van der Waals surface area contributed by atoms with Gasteiger partial charge in [0.05, 0.1) is 18.2 Å². The number of hydrogen-bond donors (Lipinski definition) is 0. The average molecular weight is 158 g/mol. The molecule has 0 aliphatic heterocycles. The molecule has 0 bridgehead atoms. The van der Waals surface area contributed by atoms with Crippen molar-refractivity contribution in [1.82, 2.24) is 0 Å². The van der Waals surface area contributed by atoms with Crippen molar-refractivity contribution in [3.05, 3.63) is 0 Å². The molecule has 55 valence electrons. The van der Waals surface area contributed by atoms with Crippen LogP contribution in [-0.2, 0) is 9.90 Å². The molecule has 0 aromatic rings. The van der Waals surface area contributed by atoms with Crippen LogP contribution in [0.1, 0.15) is 12.8 Å². The van der Waals surface area contributed by atoms with Crippen LogP contribution in [0.3, 0.4) is 0 Å². The van der Waals surface area contributed by atoms with Crippen LogP contribution in [0.2, 0.25) is 0 Å². The molecular formula is C6H8NO2S. The zero-order valence-electron chi connectivity index (χ0n) is 5.50. The van der Waals surface area contributed by atoms with E-state index in [9.17, 15) is 9.90 Å². The van der Waals surface area contributed by atoms with E-state index in [0.29, 0.717) is 12.2 Å². The summed E-state index contributed by atoms with van der Waals surface area (Å²) in [6.45, 7) is 0. The molecule has 1 radical (unpaired) electrons. The molecule has 0 unspecified atom stereocenters. The zero-order chi connectivity index (χ0) is 7.82. The highest BCUT2D eigenvalue weighted by atomic mass is 32.2. The van der Waals surface area contributed by atoms with Crippen molar-refractivity contribution in [2.24, 2.45) is 0 Å².